The number of carboxylic acid groups (broad SMARTS) is 2. The lowest BCUT2D eigenvalue weighted by Crippen LogP contribution is -2.17. The Kier molecular flexibility index (Phi) is 8.98. The lowest BCUT2D eigenvalue weighted by Gasteiger charge is -2.21. The molecule has 0 aliphatic carbocycles. The normalized spacial score (nSPS) is 11.2. The van der Waals surface area contributed by atoms with Crippen molar-refractivity contribution in [2.75, 3.05) is 30.9 Å². The predicted octanol–water partition coefficient (Wildman–Crippen LogP) is 7.77. The number of carboxylic acids is 2. The first kappa shape index (κ1) is 34.6. The number of aromatic hydroxyl groups is 1. The van der Waals surface area contributed by atoms with E-state index in [0.29, 0.717) is 43.9 Å². The highest BCUT2D eigenvalue weighted by Gasteiger charge is 2.26. The molecule has 0 radical (unpaired) electrons. The van der Waals surface area contributed by atoms with Crippen LogP contribution in [0, 0.1) is 0 Å². The third-order valence-electron chi connectivity index (χ3n) is 8.99. The molecule has 7 rings (SSSR count). The van der Waals surface area contributed by atoms with Crippen molar-refractivity contribution in [2.24, 2.45) is 0 Å². The average molecular weight is 726 g/mol. The molecule has 2 heterocycles. The van der Waals surface area contributed by atoms with Crippen LogP contribution < -0.4 is 15.4 Å². The van der Waals surface area contributed by atoms with Gasteiger partial charge in [-0.15, -0.1) is 11.3 Å². The molecule has 12 heteroatoms. The molecule has 11 nitrogen and oxygen atoms in total. The topological polar surface area (TPSA) is 161 Å². The molecule has 0 amide bonds. The summed E-state index contributed by atoms with van der Waals surface area (Å²) < 4.78 is 6.72. The molecule has 0 aliphatic rings. The molecule has 5 aromatic carbocycles. The van der Waals surface area contributed by atoms with Gasteiger partial charge in [0.1, 0.15) is 21.9 Å². The van der Waals surface area contributed by atoms with Crippen LogP contribution in [0.15, 0.2) is 112 Å². The number of anilines is 2. The third-order valence-corrected chi connectivity index (χ3v) is 10.0. The summed E-state index contributed by atoms with van der Waals surface area (Å²) in [5.41, 5.74) is 2.85. The van der Waals surface area contributed by atoms with Gasteiger partial charge >= 0.3 is 17.6 Å². The van der Waals surface area contributed by atoms with Crippen molar-refractivity contribution < 1.29 is 34.1 Å². The van der Waals surface area contributed by atoms with E-state index in [1.807, 2.05) is 55.4 Å². The number of ketones is 1. The number of fused-ring (bicyclic) bond motifs is 2. The molecule has 3 N–H and O–H groups in total. The van der Waals surface area contributed by atoms with Crippen LogP contribution >= 0.6 is 11.3 Å². The third kappa shape index (κ3) is 6.47. The second-order valence-corrected chi connectivity index (χ2v) is 13.7. The van der Waals surface area contributed by atoms with Crippen LogP contribution in [0.1, 0.15) is 42.2 Å². The molecule has 0 spiro atoms. The summed E-state index contributed by atoms with van der Waals surface area (Å²) in [5.74, 6) is -3.43. The minimum atomic E-state index is -1.26. The van der Waals surface area contributed by atoms with Crippen LogP contribution in [0.25, 0.3) is 42.9 Å². The number of benzene rings is 5. The second-order valence-electron chi connectivity index (χ2n) is 12.6. The molecule has 264 valence electrons. The maximum Gasteiger partial charge on any atom is 0.347 e. The van der Waals surface area contributed by atoms with Crippen molar-refractivity contribution in [1.29, 1.82) is 0 Å². The lowest BCUT2D eigenvalue weighted by molar-refractivity contribution is 0.0685. The Bertz CT molecular complexity index is 2650. The molecule has 0 aliphatic heterocycles. The van der Waals surface area contributed by atoms with E-state index in [1.165, 1.54) is 41.7 Å². The van der Waals surface area contributed by atoms with Gasteiger partial charge in [0.05, 0.1) is 26.9 Å². The monoisotopic (exact) mass is 725 g/mol. The van der Waals surface area contributed by atoms with Crippen molar-refractivity contribution in [1.82, 2.24) is 4.98 Å². The van der Waals surface area contributed by atoms with Crippen molar-refractivity contribution in [2.45, 2.75) is 6.54 Å². The first-order valence-electron chi connectivity index (χ1n) is 16.3. The first-order chi connectivity index (χ1) is 25.4. The van der Waals surface area contributed by atoms with Crippen LogP contribution in [0.4, 0.5) is 11.4 Å². The number of phenolic OH excluding ortho intramolecular Hbond substituents is 1. The fourth-order valence-corrected chi connectivity index (χ4v) is 7.34. The van der Waals surface area contributed by atoms with Crippen molar-refractivity contribution in [3.05, 3.63) is 141 Å². The van der Waals surface area contributed by atoms with Gasteiger partial charge in [-0.3, -0.25) is 4.79 Å². The number of nitrogens with zero attached hydrogens (tertiary/aromatic N) is 3. The summed E-state index contributed by atoms with van der Waals surface area (Å²) in [6.07, 6.45) is 0. The van der Waals surface area contributed by atoms with Crippen molar-refractivity contribution in [3.63, 3.8) is 0 Å². The first-order valence-corrected chi connectivity index (χ1v) is 17.1. The zero-order valence-corrected chi connectivity index (χ0v) is 29.5. The smallest absolute Gasteiger partial charge is 0.347 e. The van der Waals surface area contributed by atoms with Crippen molar-refractivity contribution >= 4 is 61.6 Å². The molecular weight excluding hydrogens is 695 g/mol. The minimum absolute atomic E-state index is 0.0391. The highest BCUT2D eigenvalue weighted by molar-refractivity contribution is 7.21. The molecule has 0 saturated heterocycles. The number of phenols is 1. The number of carbonyl (C=O) groups excluding carboxylic acids is 1. The molecule has 0 fully saturated rings. The van der Waals surface area contributed by atoms with Crippen LogP contribution in [-0.2, 0) is 6.54 Å². The predicted molar refractivity (Wildman–Crippen MR) is 205 cm³/mol. The van der Waals surface area contributed by atoms with Gasteiger partial charge in [0.25, 0.3) is 0 Å². The summed E-state index contributed by atoms with van der Waals surface area (Å²) in [4.78, 5) is 60.0. The number of thiazole rings is 1. The summed E-state index contributed by atoms with van der Waals surface area (Å²) in [5, 5.41) is 31.9. The summed E-state index contributed by atoms with van der Waals surface area (Å²) in [6.45, 7) is 0.212. The van der Waals surface area contributed by atoms with Crippen molar-refractivity contribution in [3.8, 4) is 27.4 Å². The van der Waals surface area contributed by atoms with Gasteiger partial charge in [-0.2, -0.15) is 0 Å². The standard InChI is InChI=1S/C41H31N3O8S/c1-43(2)23-13-17-29-33(20-23)52-41(51)36(38-42-31-10-6-7-11-34(31)53-38)35(29)25-15-12-22(18-30(25)40(49)50)21-44(3)24-14-16-28(32(45)19-24)37(46)26-8-4-5-9-27(26)39(47)48/h4-20,45H,21H2,1-3H3,(H,47,48)(H,49,50). The number of para-hydroxylation sites is 1. The van der Waals surface area contributed by atoms with Gasteiger partial charge in [-0.25, -0.2) is 19.4 Å². The Morgan fingerprint density at radius 3 is 2.13 bits per heavy atom. The number of hydrogen-bond acceptors (Lipinski definition) is 10. The number of hydrogen-bond donors (Lipinski definition) is 3. The van der Waals surface area contributed by atoms with E-state index in [0.717, 1.165) is 10.4 Å². The number of carbonyl (C=O) groups is 3. The highest BCUT2D eigenvalue weighted by Crippen LogP contribution is 2.41. The van der Waals surface area contributed by atoms with Crippen LogP contribution in [0.5, 0.6) is 5.75 Å². The number of rotatable bonds is 10. The van der Waals surface area contributed by atoms with E-state index < -0.39 is 23.3 Å². The molecular formula is C41H31N3O8S. The molecule has 0 saturated carbocycles. The fraction of sp³-hybridized carbons (Fsp3) is 0.0976. The Balaban J connectivity index is 1.28. The molecule has 53 heavy (non-hydrogen) atoms. The molecule has 2 aromatic heterocycles. The fourth-order valence-electron chi connectivity index (χ4n) is 6.33. The van der Waals surface area contributed by atoms with Crippen LogP contribution in [0.3, 0.4) is 0 Å². The highest BCUT2D eigenvalue weighted by atomic mass is 32.1. The average Bonchev–Trinajstić information content (AvgIpc) is 3.57. The van der Waals surface area contributed by atoms with E-state index in [-0.39, 0.29) is 40.1 Å². The Morgan fingerprint density at radius 1 is 0.736 bits per heavy atom. The van der Waals surface area contributed by atoms with E-state index in [1.54, 1.807) is 48.3 Å². The largest absolute Gasteiger partial charge is 0.507 e. The van der Waals surface area contributed by atoms with E-state index in [2.05, 4.69) is 0 Å². The maximum absolute atomic E-state index is 13.8. The summed E-state index contributed by atoms with van der Waals surface area (Å²) in [7, 11) is 5.48. The molecule has 0 unspecified atom stereocenters. The zero-order chi connectivity index (χ0) is 37.6. The zero-order valence-electron chi connectivity index (χ0n) is 28.7. The summed E-state index contributed by atoms with van der Waals surface area (Å²) in [6, 6.07) is 28.1. The maximum atomic E-state index is 13.8. The van der Waals surface area contributed by atoms with Gasteiger partial charge in [0.2, 0.25) is 0 Å². The van der Waals surface area contributed by atoms with E-state index in [9.17, 15) is 34.5 Å². The SMILES string of the molecule is CN(C)c1ccc2c(-c3ccc(CN(C)c4ccc(C(=O)c5ccccc5C(=O)O)c(O)c4)cc3C(=O)O)c(-c3nc4ccccc4s3)c(=O)oc2c1. The van der Waals surface area contributed by atoms with E-state index in [4.69, 9.17) is 9.40 Å². The Labute approximate surface area is 306 Å². The van der Waals surface area contributed by atoms with E-state index >= 15 is 0 Å². The Hall–Kier alpha value is -6.79. The van der Waals surface area contributed by atoms with Gasteiger partial charge in [-0.1, -0.05) is 42.5 Å². The van der Waals surface area contributed by atoms with Gasteiger partial charge in [0, 0.05) is 67.7 Å². The van der Waals surface area contributed by atoms with Crippen LogP contribution in [-0.4, -0.2) is 59.2 Å². The second kappa shape index (κ2) is 13.7. The van der Waals surface area contributed by atoms with Crippen LogP contribution in [0.2, 0.25) is 0 Å². The minimum Gasteiger partial charge on any atom is -0.507 e. The Morgan fingerprint density at radius 2 is 1.43 bits per heavy atom. The molecule has 0 atom stereocenters. The van der Waals surface area contributed by atoms with Gasteiger partial charge in [0.15, 0.2) is 5.78 Å². The summed E-state index contributed by atoms with van der Waals surface area (Å²) >= 11 is 1.32. The number of aromatic nitrogens is 1. The molecule has 7 aromatic rings. The molecule has 0 bridgehead atoms. The lowest BCUT2D eigenvalue weighted by atomic mass is 9.92. The quantitative estimate of drug-likeness (QED) is 0.0933. The van der Waals surface area contributed by atoms with Gasteiger partial charge < -0.3 is 29.5 Å². The number of aromatic carboxylic acids is 2. The van der Waals surface area contributed by atoms with Gasteiger partial charge in [-0.05, 0) is 59.7 Å².